The first-order valence-corrected chi connectivity index (χ1v) is 8.32. The van der Waals surface area contributed by atoms with Crippen LogP contribution in [0.5, 0.6) is 11.5 Å². The summed E-state index contributed by atoms with van der Waals surface area (Å²) in [5.74, 6) is 1.77. The Hall–Kier alpha value is -1.43. The van der Waals surface area contributed by atoms with E-state index in [1.54, 1.807) is 26.3 Å². The van der Waals surface area contributed by atoms with Crippen LogP contribution >= 0.6 is 24.0 Å². The van der Waals surface area contributed by atoms with Gasteiger partial charge in [0.1, 0.15) is 0 Å². The first-order valence-electron chi connectivity index (χ1n) is 8.32. The standard InChI is InChI=1S/C17H27F3N4O2.HI/c1-5-26-15-11-13(7-8-14(15)25-4)23-16(21-2)22-9-6-10-24(3)12-17(18,19)20;/h7-8,11H,5-6,9-10,12H2,1-4H3,(H2,21,22,23);1H. The average molecular weight is 504 g/mol. The van der Waals surface area contributed by atoms with Crippen molar-refractivity contribution in [1.82, 2.24) is 10.2 Å². The monoisotopic (exact) mass is 504 g/mol. The lowest BCUT2D eigenvalue weighted by atomic mass is 10.2. The van der Waals surface area contributed by atoms with Gasteiger partial charge in [-0.05, 0) is 39.1 Å². The molecule has 0 spiro atoms. The molecule has 1 aromatic carbocycles. The molecule has 0 aromatic heterocycles. The number of hydrogen-bond acceptors (Lipinski definition) is 4. The molecule has 0 atom stereocenters. The highest BCUT2D eigenvalue weighted by molar-refractivity contribution is 14.0. The topological polar surface area (TPSA) is 58.1 Å². The number of rotatable bonds is 9. The smallest absolute Gasteiger partial charge is 0.401 e. The van der Waals surface area contributed by atoms with Gasteiger partial charge in [0.25, 0.3) is 0 Å². The van der Waals surface area contributed by atoms with Crippen molar-refractivity contribution in [3.8, 4) is 11.5 Å². The zero-order valence-electron chi connectivity index (χ0n) is 16.0. The molecule has 27 heavy (non-hydrogen) atoms. The van der Waals surface area contributed by atoms with Crippen molar-refractivity contribution in [2.75, 3.05) is 52.8 Å². The predicted octanol–water partition coefficient (Wildman–Crippen LogP) is 3.58. The van der Waals surface area contributed by atoms with E-state index >= 15 is 0 Å². The van der Waals surface area contributed by atoms with Gasteiger partial charge in [-0.1, -0.05) is 0 Å². The summed E-state index contributed by atoms with van der Waals surface area (Å²) >= 11 is 0. The van der Waals surface area contributed by atoms with Crippen molar-refractivity contribution in [2.45, 2.75) is 19.5 Å². The van der Waals surface area contributed by atoms with E-state index in [1.807, 2.05) is 13.0 Å². The first-order chi connectivity index (χ1) is 12.3. The number of nitrogens with one attached hydrogen (secondary N) is 2. The van der Waals surface area contributed by atoms with Crippen LogP contribution in [0.4, 0.5) is 18.9 Å². The molecule has 0 aliphatic carbocycles. The Balaban J connectivity index is 0.00000676. The van der Waals surface area contributed by atoms with Gasteiger partial charge in [-0.3, -0.25) is 9.89 Å². The molecule has 0 heterocycles. The molecule has 0 fully saturated rings. The van der Waals surface area contributed by atoms with Crippen molar-refractivity contribution < 1.29 is 22.6 Å². The maximum atomic E-state index is 12.3. The molecular weight excluding hydrogens is 476 g/mol. The summed E-state index contributed by atoms with van der Waals surface area (Å²) in [6.07, 6.45) is -3.62. The van der Waals surface area contributed by atoms with Crippen molar-refractivity contribution in [1.29, 1.82) is 0 Å². The minimum Gasteiger partial charge on any atom is -0.493 e. The van der Waals surface area contributed by atoms with Crippen LogP contribution in [-0.2, 0) is 0 Å². The van der Waals surface area contributed by atoms with Crippen molar-refractivity contribution in [3.05, 3.63) is 18.2 Å². The highest BCUT2D eigenvalue weighted by Gasteiger charge is 2.28. The van der Waals surface area contributed by atoms with Gasteiger partial charge in [0.15, 0.2) is 17.5 Å². The van der Waals surface area contributed by atoms with Crippen LogP contribution in [0.2, 0.25) is 0 Å². The number of anilines is 1. The molecule has 156 valence electrons. The van der Waals surface area contributed by atoms with Crippen molar-refractivity contribution >= 4 is 35.6 Å². The summed E-state index contributed by atoms with van der Waals surface area (Å²) in [7, 11) is 4.65. The molecule has 0 amide bonds. The van der Waals surface area contributed by atoms with Gasteiger partial charge in [-0.2, -0.15) is 13.2 Å². The number of alkyl halides is 3. The lowest BCUT2D eigenvalue weighted by Gasteiger charge is -2.19. The SMILES string of the molecule is CCOc1cc(NC(=NC)NCCCN(C)CC(F)(F)F)ccc1OC.I. The lowest BCUT2D eigenvalue weighted by molar-refractivity contribution is -0.143. The number of aliphatic imine (C=N–C) groups is 1. The van der Waals surface area contributed by atoms with Crippen molar-refractivity contribution in [2.24, 2.45) is 4.99 Å². The molecule has 0 saturated carbocycles. The Kier molecular flexibility index (Phi) is 12.2. The van der Waals surface area contributed by atoms with E-state index in [1.165, 1.54) is 11.9 Å². The third kappa shape index (κ3) is 10.5. The van der Waals surface area contributed by atoms with E-state index in [0.29, 0.717) is 43.6 Å². The van der Waals surface area contributed by atoms with E-state index in [0.717, 1.165) is 5.69 Å². The minimum absolute atomic E-state index is 0. The second-order valence-electron chi connectivity index (χ2n) is 5.63. The maximum Gasteiger partial charge on any atom is 0.401 e. The lowest BCUT2D eigenvalue weighted by Crippen LogP contribution is -2.35. The second-order valence-corrected chi connectivity index (χ2v) is 5.63. The second kappa shape index (κ2) is 12.9. The van der Waals surface area contributed by atoms with Gasteiger partial charge < -0.3 is 20.1 Å². The molecule has 2 N–H and O–H groups in total. The van der Waals surface area contributed by atoms with Crippen LogP contribution < -0.4 is 20.1 Å². The fraction of sp³-hybridized carbons (Fsp3) is 0.588. The number of benzene rings is 1. The van der Waals surface area contributed by atoms with Crippen LogP contribution in [0.15, 0.2) is 23.2 Å². The zero-order valence-corrected chi connectivity index (χ0v) is 18.4. The summed E-state index contributed by atoms with van der Waals surface area (Å²) in [6.45, 7) is 2.32. The minimum atomic E-state index is -4.17. The van der Waals surface area contributed by atoms with Crippen molar-refractivity contribution in [3.63, 3.8) is 0 Å². The molecule has 0 unspecified atom stereocenters. The predicted molar refractivity (Wildman–Crippen MR) is 113 cm³/mol. The largest absolute Gasteiger partial charge is 0.493 e. The highest BCUT2D eigenvalue weighted by Crippen LogP contribution is 2.30. The number of nitrogens with zero attached hydrogens (tertiary/aromatic N) is 2. The number of halogens is 4. The van der Waals surface area contributed by atoms with Gasteiger partial charge in [-0.25, -0.2) is 0 Å². The molecule has 10 heteroatoms. The highest BCUT2D eigenvalue weighted by atomic mass is 127. The number of guanidine groups is 1. The van der Waals surface area contributed by atoms with Crippen LogP contribution in [0.3, 0.4) is 0 Å². The first kappa shape index (κ1) is 25.6. The van der Waals surface area contributed by atoms with E-state index in [-0.39, 0.29) is 24.0 Å². The Morgan fingerprint density at radius 3 is 2.52 bits per heavy atom. The molecule has 0 radical (unpaired) electrons. The van der Waals surface area contributed by atoms with Gasteiger partial charge >= 0.3 is 6.18 Å². The van der Waals surface area contributed by atoms with E-state index in [2.05, 4.69) is 15.6 Å². The molecule has 0 bridgehead atoms. The van der Waals surface area contributed by atoms with Crippen LogP contribution in [0.1, 0.15) is 13.3 Å². The van der Waals surface area contributed by atoms with E-state index in [4.69, 9.17) is 9.47 Å². The van der Waals surface area contributed by atoms with Crippen LogP contribution in [0.25, 0.3) is 0 Å². The normalized spacial score (nSPS) is 11.8. The molecule has 0 saturated heterocycles. The molecule has 1 aromatic rings. The van der Waals surface area contributed by atoms with E-state index < -0.39 is 12.7 Å². The Morgan fingerprint density at radius 1 is 1.26 bits per heavy atom. The molecule has 0 aliphatic rings. The molecule has 6 nitrogen and oxygen atoms in total. The third-order valence-electron chi connectivity index (χ3n) is 3.41. The summed E-state index contributed by atoms with van der Waals surface area (Å²) in [6, 6.07) is 5.41. The van der Waals surface area contributed by atoms with Gasteiger partial charge in [0.2, 0.25) is 0 Å². The summed E-state index contributed by atoms with van der Waals surface area (Å²) in [4.78, 5) is 5.35. The fourth-order valence-corrected chi connectivity index (χ4v) is 2.28. The number of ether oxygens (including phenoxy) is 2. The van der Waals surface area contributed by atoms with Gasteiger partial charge in [-0.15, -0.1) is 24.0 Å². The zero-order chi connectivity index (χ0) is 19.6. The molecular formula is C17H28F3IN4O2. The molecule has 0 aliphatic heterocycles. The average Bonchev–Trinajstić information content (AvgIpc) is 2.56. The van der Waals surface area contributed by atoms with Crippen LogP contribution in [0, 0.1) is 0 Å². The fourth-order valence-electron chi connectivity index (χ4n) is 2.28. The van der Waals surface area contributed by atoms with Gasteiger partial charge in [0.05, 0.1) is 20.3 Å². The summed E-state index contributed by atoms with van der Waals surface area (Å²) in [5.41, 5.74) is 0.761. The Labute approximate surface area is 175 Å². The number of methoxy groups -OCH3 is 1. The third-order valence-corrected chi connectivity index (χ3v) is 3.41. The maximum absolute atomic E-state index is 12.3. The number of hydrogen-bond donors (Lipinski definition) is 2. The molecule has 1 rings (SSSR count). The summed E-state index contributed by atoms with van der Waals surface area (Å²) < 4.78 is 47.6. The Morgan fingerprint density at radius 2 is 1.96 bits per heavy atom. The summed E-state index contributed by atoms with van der Waals surface area (Å²) in [5, 5.41) is 6.19. The van der Waals surface area contributed by atoms with Gasteiger partial charge in [0, 0.05) is 25.3 Å². The van der Waals surface area contributed by atoms with Crippen LogP contribution in [-0.4, -0.2) is 64.5 Å². The Bertz CT molecular complexity index is 586. The van der Waals surface area contributed by atoms with E-state index in [9.17, 15) is 13.2 Å². The quantitative estimate of drug-likeness (QED) is 0.233.